The van der Waals surface area contributed by atoms with E-state index >= 15 is 0 Å². The SMILES string of the molecule is COCCN(Cc1ccccn1)C(=O)c1nc(N)n[nH]1. The van der Waals surface area contributed by atoms with Crippen molar-refractivity contribution in [3.05, 3.63) is 35.9 Å². The maximum atomic E-state index is 12.3. The van der Waals surface area contributed by atoms with Crippen LogP contribution in [0.3, 0.4) is 0 Å². The van der Waals surface area contributed by atoms with Crippen LogP contribution in [0.4, 0.5) is 5.95 Å². The number of carbonyl (C=O) groups is 1. The summed E-state index contributed by atoms with van der Waals surface area (Å²) in [6, 6.07) is 5.54. The van der Waals surface area contributed by atoms with E-state index in [0.717, 1.165) is 5.69 Å². The highest BCUT2D eigenvalue weighted by Crippen LogP contribution is 2.06. The molecule has 0 saturated heterocycles. The van der Waals surface area contributed by atoms with Gasteiger partial charge in [0.25, 0.3) is 5.91 Å². The highest BCUT2D eigenvalue weighted by atomic mass is 16.5. The van der Waals surface area contributed by atoms with Gasteiger partial charge in [-0.3, -0.25) is 14.9 Å². The molecule has 8 heteroatoms. The number of nitrogen functional groups attached to an aromatic ring is 1. The van der Waals surface area contributed by atoms with Gasteiger partial charge in [-0.1, -0.05) is 6.07 Å². The molecule has 0 aliphatic heterocycles. The molecular formula is C12H16N6O2. The van der Waals surface area contributed by atoms with Gasteiger partial charge in [0.05, 0.1) is 18.8 Å². The summed E-state index contributed by atoms with van der Waals surface area (Å²) in [6.45, 7) is 1.21. The molecule has 0 atom stereocenters. The van der Waals surface area contributed by atoms with E-state index in [1.165, 1.54) is 0 Å². The van der Waals surface area contributed by atoms with Gasteiger partial charge in [-0.25, -0.2) is 0 Å². The predicted molar refractivity (Wildman–Crippen MR) is 71.6 cm³/mol. The lowest BCUT2D eigenvalue weighted by Crippen LogP contribution is -2.34. The van der Waals surface area contributed by atoms with Crippen molar-refractivity contribution in [3.63, 3.8) is 0 Å². The number of rotatable bonds is 6. The summed E-state index contributed by atoms with van der Waals surface area (Å²) in [6.07, 6.45) is 1.68. The van der Waals surface area contributed by atoms with Crippen LogP contribution in [0, 0.1) is 0 Å². The van der Waals surface area contributed by atoms with Crippen molar-refractivity contribution in [1.29, 1.82) is 0 Å². The molecule has 2 aromatic rings. The summed E-state index contributed by atoms with van der Waals surface area (Å²) < 4.78 is 5.02. The molecule has 0 aromatic carbocycles. The summed E-state index contributed by atoms with van der Waals surface area (Å²) >= 11 is 0. The molecule has 0 unspecified atom stereocenters. The first-order valence-corrected chi connectivity index (χ1v) is 6.06. The standard InChI is InChI=1S/C12H16N6O2/c1-20-7-6-18(8-9-4-2-3-5-14-9)11(19)10-15-12(13)17-16-10/h2-5H,6-8H2,1H3,(H3,13,15,16,17). The van der Waals surface area contributed by atoms with Gasteiger partial charge in [0.1, 0.15) is 0 Å². The lowest BCUT2D eigenvalue weighted by molar-refractivity contribution is 0.0666. The van der Waals surface area contributed by atoms with Gasteiger partial charge in [-0.05, 0) is 12.1 Å². The maximum absolute atomic E-state index is 12.3. The fraction of sp³-hybridized carbons (Fsp3) is 0.333. The number of hydrogen-bond donors (Lipinski definition) is 2. The molecule has 2 heterocycles. The average molecular weight is 276 g/mol. The lowest BCUT2D eigenvalue weighted by atomic mass is 10.3. The van der Waals surface area contributed by atoms with Crippen LogP contribution in [0.1, 0.15) is 16.3 Å². The van der Waals surface area contributed by atoms with Crippen molar-refractivity contribution >= 4 is 11.9 Å². The Balaban J connectivity index is 2.12. The number of nitrogens with two attached hydrogens (primary N) is 1. The lowest BCUT2D eigenvalue weighted by Gasteiger charge is -2.20. The Hall–Kier alpha value is -2.48. The molecule has 0 spiro atoms. The average Bonchev–Trinajstić information content (AvgIpc) is 2.90. The molecule has 8 nitrogen and oxygen atoms in total. The summed E-state index contributed by atoms with van der Waals surface area (Å²) in [5, 5.41) is 6.16. The second-order valence-corrected chi connectivity index (χ2v) is 4.08. The van der Waals surface area contributed by atoms with Crippen LogP contribution in [0.2, 0.25) is 0 Å². The Morgan fingerprint density at radius 3 is 2.95 bits per heavy atom. The number of carbonyl (C=O) groups excluding carboxylic acids is 1. The van der Waals surface area contributed by atoms with Gasteiger partial charge in [0, 0.05) is 19.9 Å². The number of hydrogen-bond acceptors (Lipinski definition) is 6. The van der Waals surface area contributed by atoms with Crippen molar-refractivity contribution in [2.45, 2.75) is 6.54 Å². The Bertz CT molecular complexity index is 556. The zero-order valence-corrected chi connectivity index (χ0v) is 11.1. The van der Waals surface area contributed by atoms with E-state index in [9.17, 15) is 4.79 Å². The Morgan fingerprint density at radius 2 is 2.35 bits per heavy atom. The third-order valence-corrected chi connectivity index (χ3v) is 2.64. The number of nitrogens with zero attached hydrogens (tertiary/aromatic N) is 4. The summed E-state index contributed by atoms with van der Waals surface area (Å²) in [5.41, 5.74) is 6.19. The topological polar surface area (TPSA) is 110 Å². The quantitative estimate of drug-likeness (QED) is 0.772. The third-order valence-electron chi connectivity index (χ3n) is 2.64. The van der Waals surface area contributed by atoms with Gasteiger partial charge < -0.3 is 15.4 Å². The number of anilines is 1. The van der Waals surface area contributed by atoms with E-state index in [-0.39, 0.29) is 17.7 Å². The number of methoxy groups -OCH3 is 1. The number of H-pyrrole nitrogens is 1. The Morgan fingerprint density at radius 1 is 1.50 bits per heavy atom. The first-order chi connectivity index (χ1) is 9.70. The van der Waals surface area contributed by atoms with E-state index in [4.69, 9.17) is 10.5 Å². The maximum Gasteiger partial charge on any atom is 0.291 e. The van der Waals surface area contributed by atoms with Crippen molar-refractivity contribution in [3.8, 4) is 0 Å². The fourth-order valence-corrected chi connectivity index (χ4v) is 1.66. The Kier molecular flexibility index (Phi) is 4.61. The number of amides is 1. The molecule has 0 fully saturated rings. The van der Waals surface area contributed by atoms with Crippen LogP contribution in [0.25, 0.3) is 0 Å². The van der Waals surface area contributed by atoms with E-state index in [1.54, 1.807) is 18.2 Å². The Labute approximate surface area is 116 Å². The van der Waals surface area contributed by atoms with E-state index in [2.05, 4.69) is 20.2 Å². The molecule has 0 saturated carbocycles. The van der Waals surface area contributed by atoms with E-state index < -0.39 is 0 Å². The molecule has 1 amide bonds. The molecule has 2 rings (SSSR count). The number of aromatic nitrogens is 4. The van der Waals surface area contributed by atoms with Crippen LogP contribution in [0.15, 0.2) is 24.4 Å². The van der Waals surface area contributed by atoms with Gasteiger partial charge >= 0.3 is 0 Å². The van der Waals surface area contributed by atoms with Crippen molar-refractivity contribution in [1.82, 2.24) is 25.1 Å². The van der Waals surface area contributed by atoms with Crippen LogP contribution in [-0.4, -0.2) is 51.2 Å². The number of nitrogens with one attached hydrogen (secondary N) is 1. The van der Waals surface area contributed by atoms with Gasteiger partial charge in [0.15, 0.2) is 0 Å². The molecule has 2 aromatic heterocycles. The third kappa shape index (κ3) is 3.51. The van der Waals surface area contributed by atoms with Gasteiger partial charge in [-0.2, -0.15) is 4.98 Å². The summed E-state index contributed by atoms with van der Waals surface area (Å²) in [5.74, 6) is -0.149. The normalized spacial score (nSPS) is 10.4. The molecule has 3 N–H and O–H groups in total. The minimum Gasteiger partial charge on any atom is -0.383 e. The minimum atomic E-state index is -0.295. The zero-order chi connectivity index (χ0) is 14.4. The highest BCUT2D eigenvalue weighted by molar-refractivity contribution is 5.90. The van der Waals surface area contributed by atoms with Crippen LogP contribution in [-0.2, 0) is 11.3 Å². The first kappa shape index (κ1) is 13.9. The number of aromatic amines is 1. The zero-order valence-electron chi connectivity index (χ0n) is 11.1. The number of pyridine rings is 1. The van der Waals surface area contributed by atoms with E-state index in [1.807, 2.05) is 18.2 Å². The summed E-state index contributed by atoms with van der Waals surface area (Å²) in [4.78, 5) is 21.9. The van der Waals surface area contributed by atoms with Crippen molar-refractivity contribution in [2.24, 2.45) is 0 Å². The smallest absolute Gasteiger partial charge is 0.291 e. The molecule has 0 aliphatic rings. The molecular weight excluding hydrogens is 260 g/mol. The van der Waals surface area contributed by atoms with Crippen molar-refractivity contribution < 1.29 is 9.53 Å². The summed E-state index contributed by atoms with van der Waals surface area (Å²) in [7, 11) is 1.58. The molecule has 20 heavy (non-hydrogen) atoms. The fourth-order valence-electron chi connectivity index (χ4n) is 1.66. The molecule has 0 bridgehead atoms. The molecule has 0 aliphatic carbocycles. The van der Waals surface area contributed by atoms with Gasteiger partial charge in [-0.15, -0.1) is 5.10 Å². The second kappa shape index (κ2) is 6.62. The van der Waals surface area contributed by atoms with Crippen molar-refractivity contribution in [2.75, 3.05) is 26.0 Å². The number of ether oxygens (including phenoxy) is 1. The highest BCUT2D eigenvalue weighted by Gasteiger charge is 2.19. The van der Waals surface area contributed by atoms with Crippen LogP contribution >= 0.6 is 0 Å². The molecule has 106 valence electrons. The first-order valence-electron chi connectivity index (χ1n) is 6.06. The van der Waals surface area contributed by atoms with Gasteiger partial charge in [0.2, 0.25) is 11.8 Å². The minimum absolute atomic E-state index is 0.0397. The monoisotopic (exact) mass is 276 g/mol. The van der Waals surface area contributed by atoms with Crippen LogP contribution in [0.5, 0.6) is 0 Å². The predicted octanol–water partition coefficient (Wildman–Crippen LogP) is 0.0707. The molecule has 0 radical (unpaired) electrons. The largest absolute Gasteiger partial charge is 0.383 e. The second-order valence-electron chi connectivity index (χ2n) is 4.08. The van der Waals surface area contributed by atoms with Crippen LogP contribution < -0.4 is 5.73 Å². The van der Waals surface area contributed by atoms with E-state index in [0.29, 0.717) is 19.7 Å².